The van der Waals surface area contributed by atoms with E-state index >= 15 is 0 Å². The van der Waals surface area contributed by atoms with E-state index < -0.39 is 0 Å². The summed E-state index contributed by atoms with van der Waals surface area (Å²) in [5.74, 6) is 1.92. The van der Waals surface area contributed by atoms with Gasteiger partial charge in [0.2, 0.25) is 0 Å². The summed E-state index contributed by atoms with van der Waals surface area (Å²) in [4.78, 5) is 11.5. The summed E-state index contributed by atoms with van der Waals surface area (Å²) < 4.78 is 4.96. The minimum Gasteiger partial charge on any atom is -0.463 e. The van der Waals surface area contributed by atoms with Crippen LogP contribution in [0.4, 0.5) is 0 Å². The molecule has 0 aromatic carbocycles. The van der Waals surface area contributed by atoms with Crippen molar-refractivity contribution in [3.05, 3.63) is 22.8 Å². The first-order valence-electron chi connectivity index (χ1n) is 8.20. The summed E-state index contributed by atoms with van der Waals surface area (Å²) in [5, 5.41) is 0. The van der Waals surface area contributed by atoms with E-state index in [9.17, 15) is 4.79 Å². The molecule has 0 aromatic heterocycles. The molecule has 2 heteroatoms. The van der Waals surface area contributed by atoms with Gasteiger partial charge < -0.3 is 4.74 Å². The second-order valence-corrected chi connectivity index (χ2v) is 6.75. The summed E-state index contributed by atoms with van der Waals surface area (Å²) >= 11 is 0. The van der Waals surface area contributed by atoms with Crippen molar-refractivity contribution in [2.75, 3.05) is 6.61 Å². The Labute approximate surface area is 131 Å². The first kappa shape index (κ1) is 19.9. The van der Waals surface area contributed by atoms with E-state index in [4.69, 9.17) is 4.74 Å². The number of carbonyl (C=O) groups excluding carboxylic acids is 1. The normalized spacial score (nSPS) is 16.5. The third-order valence-electron chi connectivity index (χ3n) is 4.42. The van der Waals surface area contributed by atoms with Crippen LogP contribution in [0.3, 0.4) is 0 Å². The number of hydrogen-bond acceptors (Lipinski definition) is 2. The molecule has 0 aliphatic heterocycles. The molecule has 0 N–H and O–H groups in total. The molecule has 2 nitrogen and oxygen atoms in total. The van der Waals surface area contributed by atoms with Gasteiger partial charge in [-0.25, -0.2) is 4.79 Å². The monoisotopic (exact) mass is 294 g/mol. The van der Waals surface area contributed by atoms with Crippen molar-refractivity contribution >= 4 is 5.97 Å². The molecule has 0 rings (SSSR count). The van der Waals surface area contributed by atoms with Gasteiger partial charge in [0.15, 0.2) is 0 Å². The van der Waals surface area contributed by atoms with Crippen LogP contribution in [0.1, 0.15) is 68.2 Å². The molecule has 0 amide bonds. The largest absolute Gasteiger partial charge is 0.463 e. The average Bonchev–Trinajstić information content (AvgIpc) is 2.37. The highest BCUT2D eigenvalue weighted by atomic mass is 16.5. The lowest BCUT2D eigenvalue weighted by molar-refractivity contribution is -0.137. The topological polar surface area (TPSA) is 26.3 Å². The van der Waals surface area contributed by atoms with Gasteiger partial charge in [-0.1, -0.05) is 33.3 Å². The predicted octanol–water partition coefficient (Wildman–Crippen LogP) is 5.54. The van der Waals surface area contributed by atoms with Crippen LogP contribution in [0.15, 0.2) is 22.8 Å². The lowest BCUT2D eigenvalue weighted by Gasteiger charge is -2.21. The van der Waals surface area contributed by atoms with Crippen LogP contribution < -0.4 is 0 Å². The standard InChI is InChI=1S/C19H34O2/c1-9-21-19(20)12-17(7)18(8)16(6)11-14(4)10-15(5)13(2)3/h12-15H,9-11H2,1-8H3/b17-12+,18-16+. The molecule has 2 unspecified atom stereocenters. The summed E-state index contributed by atoms with van der Waals surface area (Å²) in [7, 11) is 0. The van der Waals surface area contributed by atoms with Crippen molar-refractivity contribution in [2.24, 2.45) is 17.8 Å². The van der Waals surface area contributed by atoms with E-state index in [2.05, 4.69) is 41.5 Å². The Morgan fingerprint density at radius 3 is 2.14 bits per heavy atom. The third kappa shape index (κ3) is 8.08. The quantitative estimate of drug-likeness (QED) is 0.334. The molecule has 0 spiro atoms. The summed E-state index contributed by atoms with van der Waals surface area (Å²) in [5.41, 5.74) is 3.60. The molecule has 0 fully saturated rings. The van der Waals surface area contributed by atoms with Crippen LogP contribution in [0.5, 0.6) is 0 Å². The fourth-order valence-electron chi connectivity index (χ4n) is 2.47. The van der Waals surface area contributed by atoms with Gasteiger partial charge >= 0.3 is 5.97 Å². The van der Waals surface area contributed by atoms with Crippen LogP contribution in [0.2, 0.25) is 0 Å². The van der Waals surface area contributed by atoms with E-state index in [1.807, 2.05) is 13.8 Å². The Bertz CT molecular complexity index is 388. The van der Waals surface area contributed by atoms with Crippen molar-refractivity contribution in [2.45, 2.75) is 68.2 Å². The summed E-state index contributed by atoms with van der Waals surface area (Å²) in [6.07, 6.45) is 3.95. The minimum absolute atomic E-state index is 0.247. The average molecular weight is 294 g/mol. The van der Waals surface area contributed by atoms with Gasteiger partial charge in [-0.2, -0.15) is 0 Å². The van der Waals surface area contributed by atoms with Gasteiger partial charge in [-0.3, -0.25) is 0 Å². The second kappa shape index (κ2) is 9.81. The van der Waals surface area contributed by atoms with Gasteiger partial charge in [0.1, 0.15) is 0 Å². The number of allylic oxidation sites excluding steroid dienone is 3. The maximum Gasteiger partial charge on any atom is 0.331 e. The van der Waals surface area contributed by atoms with E-state index in [-0.39, 0.29) is 5.97 Å². The fraction of sp³-hybridized carbons (Fsp3) is 0.737. The molecule has 0 radical (unpaired) electrons. The van der Waals surface area contributed by atoms with Crippen LogP contribution in [0, 0.1) is 17.8 Å². The molecule has 0 aliphatic rings. The Hall–Kier alpha value is -1.05. The van der Waals surface area contributed by atoms with Crippen LogP contribution in [-0.2, 0) is 9.53 Å². The van der Waals surface area contributed by atoms with Gasteiger partial charge in [0.05, 0.1) is 6.61 Å². The molecule has 2 atom stereocenters. The maximum absolute atomic E-state index is 11.5. The lowest BCUT2D eigenvalue weighted by atomic mass is 9.85. The second-order valence-electron chi connectivity index (χ2n) is 6.75. The zero-order chi connectivity index (χ0) is 16.6. The molecule has 0 saturated carbocycles. The molecule has 0 aliphatic carbocycles. The highest BCUT2D eigenvalue weighted by molar-refractivity contribution is 5.83. The molecule has 122 valence electrons. The lowest BCUT2D eigenvalue weighted by Crippen LogP contribution is -2.10. The number of carbonyl (C=O) groups is 1. The van der Waals surface area contributed by atoms with E-state index in [1.54, 1.807) is 6.08 Å². The molecule has 21 heavy (non-hydrogen) atoms. The van der Waals surface area contributed by atoms with Crippen LogP contribution in [0.25, 0.3) is 0 Å². The zero-order valence-corrected chi connectivity index (χ0v) is 15.2. The molecule has 0 aromatic rings. The Morgan fingerprint density at radius 2 is 1.67 bits per heavy atom. The molecule has 0 heterocycles. The Balaban J connectivity index is 4.72. The van der Waals surface area contributed by atoms with Crippen LogP contribution in [-0.4, -0.2) is 12.6 Å². The van der Waals surface area contributed by atoms with Gasteiger partial charge in [-0.15, -0.1) is 0 Å². The Morgan fingerprint density at radius 1 is 1.10 bits per heavy atom. The van der Waals surface area contributed by atoms with Gasteiger partial charge in [0.25, 0.3) is 0 Å². The SMILES string of the molecule is CCOC(=O)/C=C(C)/C(C)=C(\C)CC(C)CC(C)C(C)C. The number of rotatable bonds is 8. The van der Waals surface area contributed by atoms with Crippen molar-refractivity contribution in [1.82, 2.24) is 0 Å². The molecule has 0 saturated heterocycles. The number of esters is 1. The smallest absolute Gasteiger partial charge is 0.331 e. The Kier molecular flexibility index (Phi) is 9.32. The fourth-order valence-corrected chi connectivity index (χ4v) is 2.47. The van der Waals surface area contributed by atoms with Gasteiger partial charge in [-0.05, 0) is 69.4 Å². The highest BCUT2D eigenvalue weighted by Crippen LogP contribution is 2.26. The zero-order valence-electron chi connectivity index (χ0n) is 15.2. The molecular weight excluding hydrogens is 260 g/mol. The highest BCUT2D eigenvalue weighted by Gasteiger charge is 2.13. The molecular formula is C19H34O2. The number of ether oxygens (including phenoxy) is 1. The first-order chi connectivity index (χ1) is 9.68. The van der Waals surface area contributed by atoms with Crippen molar-refractivity contribution < 1.29 is 9.53 Å². The molecule has 0 bridgehead atoms. The van der Waals surface area contributed by atoms with Crippen molar-refractivity contribution in [3.8, 4) is 0 Å². The van der Waals surface area contributed by atoms with E-state index in [0.29, 0.717) is 12.5 Å². The predicted molar refractivity (Wildman–Crippen MR) is 91.2 cm³/mol. The van der Waals surface area contributed by atoms with Crippen molar-refractivity contribution in [1.29, 1.82) is 0 Å². The minimum atomic E-state index is -0.247. The summed E-state index contributed by atoms with van der Waals surface area (Å²) in [6, 6.07) is 0. The van der Waals surface area contributed by atoms with Crippen molar-refractivity contribution in [3.63, 3.8) is 0 Å². The third-order valence-corrected chi connectivity index (χ3v) is 4.42. The summed E-state index contributed by atoms with van der Waals surface area (Å²) in [6.45, 7) is 17.7. The maximum atomic E-state index is 11.5. The van der Waals surface area contributed by atoms with E-state index in [1.165, 1.54) is 17.6 Å². The van der Waals surface area contributed by atoms with Gasteiger partial charge in [0, 0.05) is 6.08 Å². The van der Waals surface area contributed by atoms with E-state index in [0.717, 1.165) is 23.8 Å². The van der Waals surface area contributed by atoms with Crippen LogP contribution >= 0.6 is 0 Å². The number of hydrogen-bond donors (Lipinski definition) is 0. The first-order valence-corrected chi connectivity index (χ1v) is 8.20.